The Balaban J connectivity index is 1.25. The van der Waals surface area contributed by atoms with Gasteiger partial charge in [0.2, 0.25) is 5.91 Å². The molecule has 3 amide bonds. The van der Waals surface area contributed by atoms with Crippen LogP contribution in [-0.2, 0) is 9.53 Å². The summed E-state index contributed by atoms with van der Waals surface area (Å²) in [5.41, 5.74) is 0.756. The number of hydrogen-bond donors (Lipinski definition) is 2. The number of nitrogens with zero attached hydrogens (tertiary/aromatic N) is 2. The van der Waals surface area contributed by atoms with E-state index in [2.05, 4.69) is 15.5 Å². The Bertz CT molecular complexity index is 722. The third-order valence-corrected chi connectivity index (χ3v) is 5.11. The Morgan fingerprint density at radius 2 is 1.89 bits per heavy atom. The quantitative estimate of drug-likeness (QED) is 0.746. The summed E-state index contributed by atoms with van der Waals surface area (Å²) >= 11 is 0. The zero-order chi connectivity index (χ0) is 19.3. The van der Waals surface area contributed by atoms with Crippen molar-refractivity contribution in [3.8, 4) is 11.5 Å². The monoisotopic (exact) mass is 390 g/mol. The first-order valence-corrected chi connectivity index (χ1v) is 9.73. The van der Waals surface area contributed by atoms with Gasteiger partial charge in [-0.1, -0.05) is 0 Å². The molecule has 4 rings (SSSR count). The zero-order valence-corrected chi connectivity index (χ0v) is 15.8. The molecule has 0 unspecified atom stereocenters. The molecule has 0 aromatic heterocycles. The van der Waals surface area contributed by atoms with E-state index in [0.29, 0.717) is 37.8 Å². The number of carbonyl (C=O) groups excluding carboxylic acids is 2. The maximum Gasteiger partial charge on any atom is 0.315 e. The van der Waals surface area contributed by atoms with Crippen molar-refractivity contribution in [1.29, 1.82) is 0 Å². The molecule has 0 spiro atoms. The minimum Gasteiger partial charge on any atom is -0.486 e. The molecule has 2 fully saturated rings. The summed E-state index contributed by atoms with van der Waals surface area (Å²) in [6.07, 6.45) is 0.283. The van der Waals surface area contributed by atoms with Crippen molar-refractivity contribution in [2.45, 2.75) is 12.5 Å². The second-order valence-corrected chi connectivity index (χ2v) is 7.09. The van der Waals surface area contributed by atoms with E-state index in [1.807, 2.05) is 18.2 Å². The molecule has 2 saturated heterocycles. The summed E-state index contributed by atoms with van der Waals surface area (Å²) in [5.74, 6) is 1.32. The number of benzene rings is 1. The van der Waals surface area contributed by atoms with Crippen molar-refractivity contribution in [1.82, 2.24) is 15.5 Å². The average molecular weight is 390 g/mol. The van der Waals surface area contributed by atoms with Crippen LogP contribution in [0, 0.1) is 0 Å². The highest BCUT2D eigenvalue weighted by Crippen LogP contribution is 2.35. The van der Waals surface area contributed by atoms with Crippen LogP contribution in [0.2, 0.25) is 0 Å². The summed E-state index contributed by atoms with van der Waals surface area (Å²) in [5, 5.41) is 5.77. The van der Waals surface area contributed by atoms with Crippen molar-refractivity contribution < 1.29 is 23.8 Å². The van der Waals surface area contributed by atoms with Crippen molar-refractivity contribution in [3.05, 3.63) is 18.2 Å². The summed E-state index contributed by atoms with van der Waals surface area (Å²) < 4.78 is 16.4. The molecule has 0 aliphatic carbocycles. The molecular formula is C19H26N4O5. The van der Waals surface area contributed by atoms with Gasteiger partial charge in [-0.2, -0.15) is 0 Å². The third kappa shape index (κ3) is 4.48. The number of anilines is 1. The van der Waals surface area contributed by atoms with Crippen LogP contribution in [-0.4, -0.2) is 82.0 Å². The predicted octanol–water partition coefficient (Wildman–Crippen LogP) is 0.195. The molecule has 3 aliphatic rings. The lowest BCUT2D eigenvalue weighted by molar-refractivity contribution is -0.117. The molecule has 28 heavy (non-hydrogen) atoms. The molecule has 152 valence electrons. The zero-order valence-electron chi connectivity index (χ0n) is 15.8. The van der Waals surface area contributed by atoms with Gasteiger partial charge in [0, 0.05) is 50.9 Å². The van der Waals surface area contributed by atoms with E-state index in [9.17, 15) is 9.59 Å². The Labute approximate surface area is 163 Å². The van der Waals surface area contributed by atoms with Gasteiger partial charge < -0.3 is 29.7 Å². The van der Waals surface area contributed by atoms with Gasteiger partial charge in [0.15, 0.2) is 11.5 Å². The molecule has 2 N–H and O–H groups in total. The number of hydrogen-bond acceptors (Lipinski definition) is 6. The van der Waals surface area contributed by atoms with Gasteiger partial charge in [-0.15, -0.1) is 0 Å². The molecule has 0 saturated carbocycles. The fraction of sp³-hybridized carbons (Fsp3) is 0.579. The van der Waals surface area contributed by atoms with E-state index in [-0.39, 0.29) is 24.4 Å². The number of ether oxygens (including phenoxy) is 3. The van der Waals surface area contributed by atoms with Crippen molar-refractivity contribution >= 4 is 17.6 Å². The second kappa shape index (κ2) is 8.66. The number of morpholine rings is 1. The van der Waals surface area contributed by atoms with Crippen LogP contribution in [0.15, 0.2) is 18.2 Å². The molecule has 0 radical (unpaired) electrons. The Morgan fingerprint density at radius 1 is 1.11 bits per heavy atom. The molecular weight excluding hydrogens is 364 g/mol. The van der Waals surface area contributed by atoms with Crippen LogP contribution in [0.4, 0.5) is 10.5 Å². The first-order chi connectivity index (χ1) is 13.7. The van der Waals surface area contributed by atoms with Gasteiger partial charge in [0.1, 0.15) is 13.2 Å². The number of urea groups is 1. The standard InChI is InChI=1S/C19H26N4O5/c24-18-11-14(21-19(25)20-3-4-22-5-7-26-8-6-22)13-23(18)15-1-2-16-17(12-15)28-10-9-27-16/h1-2,12,14H,3-11,13H2,(H2,20,21,25)/t14-/m0/s1. The van der Waals surface area contributed by atoms with Crippen LogP contribution in [0.5, 0.6) is 11.5 Å². The first kappa shape index (κ1) is 18.8. The van der Waals surface area contributed by atoms with Crippen LogP contribution < -0.4 is 25.0 Å². The second-order valence-electron chi connectivity index (χ2n) is 7.09. The van der Waals surface area contributed by atoms with Gasteiger partial charge in [-0.25, -0.2) is 4.79 Å². The van der Waals surface area contributed by atoms with E-state index in [0.717, 1.165) is 38.5 Å². The van der Waals surface area contributed by atoms with Gasteiger partial charge in [0.05, 0.1) is 19.3 Å². The van der Waals surface area contributed by atoms with Crippen molar-refractivity contribution in [3.63, 3.8) is 0 Å². The van der Waals surface area contributed by atoms with Gasteiger partial charge >= 0.3 is 6.03 Å². The van der Waals surface area contributed by atoms with Gasteiger partial charge in [-0.3, -0.25) is 9.69 Å². The number of fused-ring (bicyclic) bond motifs is 1. The minimum atomic E-state index is -0.241. The Kier molecular flexibility index (Phi) is 5.82. The highest BCUT2D eigenvalue weighted by Gasteiger charge is 2.32. The number of nitrogens with one attached hydrogen (secondary N) is 2. The Morgan fingerprint density at radius 3 is 2.71 bits per heavy atom. The molecule has 9 heteroatoms. The summed E-state index contributed by atoms with van der Waals surface area (Å²) in [7, 11) is 0. The third-order valence-electron chi connectivity index (χ3n) is 5.11. The van der Waals surface area contributed by atoms with Gasteiger partial charge in [0.25, 0.3) is 0 Å². The molecule has 1 atom stereocenters. The normalized spacial score (nSPS) is 22.2. The lowest BCUT2D eigenvalue weighted by Gasteiger charge is -2.26. The predicted molar refractivity (Wildman–Crippen MR) is 102 cm³/mol. The lowest BCUT2D eigenvalue weighted by Crippen LogP contribution is -2.46. The molecule has 1 aromatic carbocycles. The maximum atomic E-state index is 12.4. The summed E-state index contributed by atoms with van der Waals surface area (Å²) in [4.78, 5) is 28.5. The largest absolute Gasteiger partial charge is 0.486 e. The highest BCUT2D eigenvalue weighted by molar-refractivity contribution is 5.97. The SMILES string of the molecule is O=C(NCCN1CCOCC1)N[C@H]1CC(=O)N(c2ccc3c(c2)OCCO3)C1. The topological polar surface area (TPSA) is 92.4 Å². The van der Waals surface area contributed by atoms with Crippen LogP contribution in [0.3, 0.4) is 0 Å². The lowest BCUT2D eigenvalue weighted by atomic mass is 10.2. The molecule has 0 bridgehead atoms. The fourth-order valence-electron chi connectivity index (χ4n) is 3.64. The smallest absolute Gasteiger partial charge is 0.315 e. The van der Waals surface area contributed by atoms with Crippen LogP contribution in [0.25, 0.3) is 0 Å². The molecule has 9 nitrogen and oxygen atoms in total. The van der Waals surface area contributed by atoms with E-state index in [1.165, 1.54) is 0 Å². The Hall–Kier alpha value is -2.52. The van der Waals surface area contributed by atoms with E-state index < -0.39 is 0 Å². The number of carbonyl (C=O) groups is 2. The number of rotatable bonds is 5. The average Bonchev–Trinajstić information content (AvgIpc) is 3.08. The van der Waals surface area contributed by atoms with Crippen LogP contribution >= 0.6 is 0 Å². The van der Waals surface area contributed by atoms with Crippen molar-refractivity contribution in [2.24, 2.45) is 0 Å². The van der Waals surface area contributed by atoms with Crippen molar-refractivity contribution in [2.75, 3.05) is 64.1 Å². The fourth-order valence-corrected chi connectivity index (χ4v) is 3.64. The van der Waals surface area contributed by atoms with E-state index in [1.54, 1.807) is 4.90 Å². The maximum absolute atomic E-state index is 12.4. The van der Waals surface area contributed by atoms with Crippen LogP contribution in [0.1, 0.15) is 6.42 Å². The van der Waals surface area contributed by atoms with E-state index >= 15 is 0 Å². The highest BCUT2D eigenvalue weighted by atomic mass is 16.6. The molecule has 3 heterocycles. The first-order valence-electron chi connectivity index (χ1n) is 9.73. The van der Waals surface area contributed by atoms with E-state index in [4.69, 9.17) is 14.2 Å². The van der Waals surface area contributed by atoms with Gasteiger partial charge in [-0.05, 0) is 12.1 Å². The number of amides is 3. The minimum absolute atomic E-state index is 0.0182. The summed E-state index contributed by atoms with van der Waals surface area (Å²) in [6, 6.07) is 5.02. The summed E-state index contributed by atoms with van der Waals surface area (Å²) in [6.45, 7) is 6.10. The molecule has 1 aromatic rings. The molecule has 3 aliphatic heterocycles.